The van der Waals surface area contributed by atoms with E-state index in [1.807, 2.05) is 34.2 Å². The van der Waals surface area contributed by atoms with E-state index in [0.29, 0.717) is 34.0 Å². The normalized spacial score (nSPS) is 20.5. The lowest BCUT2D eigenvalue weighted by Gasteiger charge is -2.49. The summed E-state index contributed by atoms with van der Waals surface area (Å²) in [5.41, 5.74) is 11.6. The van der Waals surface area contributed by atoms with Crippen molar-refractivity contribution in [3.8, 4) is 0 Å². The highest BCUT2D eigenvalue weighted by Crippen LogP contribution is 2.33. The standard InChI is InChI=1S/C35H33N9O5/c1-39-28-16-20(6-8-25(28)43-26-4-2-3-24(36)30(26)32(47)38-35(39)43)40-11-13-41(14-12-40)21-17-42(18-21)19-5-7-22-23(15-19)34(49)44(33(22)48)27-9-10-29(45)37-31(27)46/h2-8,15-16,21,27H,9-14,17-18,36H2,1H3,(H,37,45,46)/p+1. The largest absolute Gasteiger partial charge is 0.462 e. The summed E-state index contributed by atoms with van der Waals surface area (Å²) in [6.07, 6.45) is 0.327. The molecule has 9 rings (SSSR count). The van der Waals surface area contributed by atoms with E-state index in [1.54, 1.807) is 18.2 Å². The SMILES string of the molecule is Cn1c2cc(N3CCN(C4CN(c5ccc6c(c5)C(=O)N(C5CCC(=O)[NH+]=C5O)C6=O)C4)CC3)ccc2n2c3cccc(N)c3c(=O)nc12. The fourth-order valence-corrected chi connectivity index (χ4v) is 7.93. The molecule has 1 atom stereocenters. The van der Waals surface area contributed by atoms with Crippen molar-refractivity contribution in [2.24, 2.45) is 7.05 Å². The number of aromatic nitrogens is 3. The number of amides is 3. The minimum absolute atomic E-state index is 0.130. The second-order valence-electron chi connectivity index (χ2n) is 13.3. The van der Waals surface area contributed by atoms with Crippen LogP contribution in [0.25, 0.3) is 27.7 Å². The van der Waals surface area contributed by atoms with Crippen LogP contribution in [0, 0.1) is 0 Å². The molecule has 0 saturated carbocycles. The van der Waals surface area contributed by atoms with Gasteiger partial charge < -0.3 is 25.2 Å². The van der Waals surface area contributed by atoms with Gasteiger partial charge in [0.05, 0.1) is 39.5 Å². The second-order valence-corrected chi connectivity index (χ2v) is 13.3. The van der Waals surface area contributed by atoms with Crippen molar-refractivity contribution in [1.29, 1.82) is 0 Å². The van der Waals surface area contributed by atoms with Gasteiger partial charge in [-0.2, -0.15) is 4.98 Å². The summed E-state index contributed by atoms with van der Waals surface area (Å²) in [7, 11) is 1.93. The molecule has 4 aliphatic rings. The van der Waals surface area contributed by atoms with Crippen molar-refractivity contribution in [3.05, 3.63) is 76.1 Å². The Balaban J connectivity index is 0.873. The van der Waals surface area contributed by atoms with E-state index in [-0.39, 0.29) is 30.2 Å². The number of hydrogen-bond donors (Lipinski definition) is 3. The molecule has 0 radical (unpaired) electrons. The monoisotopic (exact) mass is 660 g/mol. The molecule has 0 spiro atoms. The Kier molecular flexibility index (Phi) is 6.37. The first-order valence-corrected chi connectivity index (χ1v) is 16.5. The summed E-state index contributed by atoms with van der Waals surface area (Å²) in [6, 6.07) is 16.7. The Morgan fingerprint density at radius 1 is 0.837 bits per heavy atom. The van der Waals surface area contributed by atoms with Gasteiger partial charge in [-0.15, -0.1) is 4.99 Å². The number of carbonyl (C=O) groups is 3. The van der Waals surface area contributed by atoms with Gasteiger partial charge in [-0.25, -0.2) is 4.79 Å². The van der Waals surface area contributed by atoms with Crippen LogP contribution < -0.4 is 26.1 Å². The first-order valence-electron chi connectivity index (χ1n) is 16.5. The number of nitrogens with two attached hydrogens (primary N) is 1. The van der Waals surface area contributed by atoms with Crippen molar-refractivity contribution in [2.45, 2.75) is 24.9 Å². The van der Waals surface area contributed by atoms with Gasteiger partial charge in [-0.1, -0.05) is 6.07 Å². The van der Waals surface area contributed by atoms with Crippen molar-refractivity contribution >= 4 is 68.4 Å². The predicted molar refractivity (Wildman–Crippen MR) is 183 cm³/mol. The molecule has 5 aromatic rings. The van der Waals surface area contributed by atoms with E-state index in [1.165, 1.54) is 0 Å². The third kappa shape index (κ3) is 4.36. The number of hydrogen-bond acceptors (Lipinski definition) is 9. The molecule has 4 N–H and O–H groups in total. The van der Waals surface area contributed by atoms with Gasteiger partial charge in [0, 0.05) is 69.4 Å². The van der Waals surface area contributed by atoms with Crippen LogP contribution in [-0.2, 0) is 11.8 Å². The average Bonchev–Trinajstić information content (AvgIpc) is 3.49. The summed E-state index contributed by atoms with van der Waals surface area (Å²) in [4.78, 5) is 65.8. The molecule has 0 aliphatic carbocycles. The van der Waals surface area contributed by atoms with Crippen LogP contribution in [0.1, 0.15) is 33.6 Å². The number of aliphatic hydroxyl groups is 1. The number of fused-ring (bicyclic) bond motifs is 6. The molecule has 3 amide bonds. The zero-order chi connectivity index (χ0) is 33.7. The quantitative estimate of drug-likeness (QED) is 0.180. The highest BCUT2D eigenvalue weighted by atomic mass is 16.3. The summed E-state index contributed by atoms with van der Waals surface area (Å²) < 4.78 is 3.96. The van der Waals surface area contributed by atoms with Crippen molar-refractivity contribution in [2.75, 3.05) is 54.8 Å². The van der Waals surface area contributed by atoms with Gasteiger partial charge in [0.25, 0.3) is 17.4 Å². The first kappa shape index (κ1) is 29.4. The molecule has 1 unspecified atom stereocenters. The Morgan fingerprint density at radius 3 is 2.35 bits per heavy atom. The Bertz CT molecular complexity index is 2360. The van der Waals surface area contributed by atoms with Crippen LogP contribution in [-0.4, -0.2) is 104 Å². The third-order valence-corrected chi connectivity index (χ3v) is 10.7. The summed E-state index contributed by atoms with van der Waals surface area (Å²) in [5, 5.41) is 10.7. The fourth-order valence-electron chi connectivity index (χ4n) is 7.93. The van der Waals surface area contributed by atoms with Crippen LogP contribution in [0.3, 0.4) is 0 Å². The summed E-state index contributed by atoms with van der Waals surface area (Å²) in [5.74, 6) is -1.03. The van der Waals surface area contributed by atoms with Gasteiger partial charge >= 0.3 is 11.8 Å². The number of rotatable bonds is 4. The Labute approximate surface area is 279 Å². The van der Waals surface area contributed by atoms with Crippen molar-refractivity contribution in [3.63, 3.8) is 0 Å². The lowest BCUT2D eigenvalue weighted by Crippen LogP contribution is -2.82. The van der Waals surface area contributed by atoms with Crippen molar-refractivity contribution < 1.29 is 24.5 Å². The highest BCUT2D eigenvalue weighted by molar-refractivity contribution is 6.23. The van der Waals surface area contributed by atoms with E-state index in [2.05, 4.69) is 42.9 Å². The molecule has 14 heteroatoms. The van der Waals surface area contributed by atoms with Crippen LogP contribution in [0.15, 0.2) is 59.4 Å². The zero-order valence-electron chi connectivity index (χ0n) is 26.8. The number of nitrogen functional groups attached to an aromatic ring is 1. The van der Waals surface area contributed by atoms with Crippen LogP contribution in [0.2, 0.25) is 0 Å². The maximum atomic E-state index is 13.3. The van der Waals surface area contributed by atoms with Crippen LogP contribution in [0.4, 0.5) is 17.1 Å². The number of imidazole rings is 1. The van der Waals surface area contributed by atoms with E-state index in [9.17, 15) is 24.3 Å². The Morgan fingerprint density at radius 2 is 1.57 bits per heavy atom. The van der Waals surface area contributed by atoms with Gasteiger partial charge in [-0.3, -0.25) is 28.6 Å². The average molecular weight is 661 g/mol. The fraction of sp³-hybridized carbons (Fsp3) is 0.314. The number of nitrogens with one attached hydrogen (secondary N) is 1. The van der Waals surface area contributed by atoms with Crippen LogP contribution >= 0.6 is 0 Å². The van der Waals surface area contributed by atoms with Crippen molar-refractivity contribution in [1.82, 2.24) is 23.8 Å². The van der Waals surface area contributed by atoms with Gasteiger partial charge in [0.15, 0.2) is 6.04 Å². The number of nitrogens with zero attached hydrogens (tertiary/aromatic N) is 7. The zero-order valence-corrected chi connectivity index (χ0v) is 26.8. The summed E-state index contributed by atoms with van der Waals surface area (Å²) in [6.45, 7) is 5.21. The smallest absolute Gasteiger partial charge is 0.388 e. The highest BCUT2D eigenvalue weighted by Gasteiger charge is 2.46. The Hall–Kier alpha value is -5.76. The number of aliphatic hydroxyl groups excluding tert-OH is 1. The number of anilines is 3. The predicted octanol–water partition coefficient (Wildman–Crippen LogP) is 0.255. The molecule has 2 saturated heterocycles. The number of benzene rings is 3. The maximum absolute atomic E-state index is 13.3. The molecule has 4 aliphatic heterocycles. The van der Waals surface area contributed by atoms with Crippen LogP contribution in [0.5, 0.6) is 0 Å². The number of aryl methyl sites for hydroxylation is 1. The van der Waals surface area contributed by atoms with E-state index in [0.717, 1.165) is 72.1 Å². The van der Waals surface area contributed by atoms with Gasteiger partial charge in [0.1, 0.15) is 0 Å². The molecule has 2 aromatic heterocycles. The molecule has 0 bridgehead atoms. The topological polar surface area (TPSA) is 164 Å². The van der Waals surface area contributed by atoms with E-state index < -0.39 is 17.9 Å². The minimum atomic E-state index is -0.863. The lowest BCUT2D eigenvalue weighted by atomic mass is 10.0. The number of carbonyl (C=O) groups excluding carboxylic acids is 3. The molecule has 49 heavy (non-hydrogen) atoms. The van der Waals surface area contributed by atoms with E-state index >= 15 is 0 Å². The molecule has 6 heterocycles. The molecule has 3 aromatic carbocycles. The van der Waals surface area contributed by atoms with Gasteiger partial charge in [-0.05, 0) is 55.0 Å². The molecular weight excluding hydrogens is 626 g/mol. The molecular formula is C35H34N9O5+. The first-order chi connectivity index (χ1) is 23.7. The molecule has 2 fully saturated rings. The van der Waals surface area contributed by atoms with Gasteiger partial charge in [0.2, 0.25) is 5.78 Å². The molecule has 248 valence electrons. The van der Waals surface area contributed by atoms with E-state index in [4.69, 9.17) is 5.73 Å². The summed E-state index contributed by atoms with van der Waals surface area (Å²) >= 11 is 0. The number of piperazine rings is 1. The minimum Gasteiger partial charge on any atom is -0.462 e. The maximum Gasteiger partial charge on any atom is 0.388 e. The number of imide groups is 1. The lowest BCUT2D eigenvalue weighted by molar-refractivity contribution is -0.394. The second kappa shape index (κ2) is 10.6. The third-order valence-electron chi connectivity index (χ3n) is 10.7. The molecule has 14 nitrogen and oxygen atoms in total.